The molecule has 1 amide bonds. The molecule has 32 heavy (non-hydrogen) atoms. The highest BCUT2D eigenvalue weighted by Crippen LogP contribution is 2.37. The number of amides is 1. The van der Waals surface area contributed by atoms with E-state index in [4.69, 9.17) is 9.15 Å². The van der Waals surface area contributed by atoms with E-state index in [1.807, 2.05) is 24.3 Å². The standard InChI is InChI=1S/C24H16BrN3O4/c1-31-22-17(10-13-4-2-3-5-15(13)21(22)25)23(30)27-14-6-7-16(19(29)11-14)24-28-18-12-26-9-8-20(18)32-24/h2-12,29H,1H3,(H,27,30). The van der Waals surface area contributed by atoms with E-state index in [2.05, 4.69) is 31.2 Å². The number of rotatable bonds is 4. The fourth-order valence-corrected chi connectivity index (χ4v) is 4.27. The molecule has 2 heterocycles. The molecule has 8 heteroatoms. The summed E-state index contributed by atoms with van der Waals surface area (Å²) in [7, 11) is 1.52. The lowest BCUT2D eigenvalue weighted by atomic mass is 10.0. The molecular formula is C24H16BrN3O4. The van der Waals surface area contributed by atoms with Gasteiger partial charge in [0.25, 0.3) is 5.91 Å². The van der Waals surface area contributed by atoms with Crippen LogP contribution in [0.3, 0.4) is 0 Å². The number of nitrogens with zero attached hydrogens (tertiary/aromatic N) is 2. The Bertz CT molecular complexity index is 1460. The number of phenolic OH excluding ortho intramolecular Hbond substituents is 1. The molecule has 158 valence electrons. The lowest BCUT2D eigenvalue weighted by molar-refractivity contribution is 0.102. The lowest BCUT2D eigenvalue weighted by Crippen LogP contribution is -2.13. The van der Waals surface area contributed by atoms with Gasteiger partial charge in [0.2, 0.25) is 5.89 Å². The van der Waals surface area contributed by atoms with Gasteiger partial charge in [-0.3, -0.25) is 9.78 Å². The van der Waals surface area contributed by atoms with Crippen LogP contribution in [0.2, 0.25) is 0 Å². The zero-order valence-corrected chi connectivity index (χ0v) is 18.4. The molecule has 5 aromatic rings. The molecule has 0 fully saturated rings. The minimum Gasteiger partial charge on any atom is -0.507 e. The van der Waals surface area contributed by atoms with E-state index in [0.717, 1.165) is 10.8 Å². The number of pyridine rings is 1. The first-order valence-corrected chi connectivity index (χ1v) is 10.4. The summed E-state index contributed by atoms with van der Waals surface area (Å²) in [6.45, 7) is 0. The fourth-order valence-electron chi connectivity index (χ4n) is 3.54. The van der Waals surface area contributed by atoms with E-state index in [1.54, 1.807) is 36.7 Å². The van der Waals surface area contributed by atoms with Crippen LogP contribution in [0.5, 0.6) is 11.5 Å². The lowest BCUT2D eigenvalue weighted by Gasteiger charge is -2.14. The quantitative estimate of drug-likeness (QED) is 0.332. The van der Waals surface area contributed by atoms with Gasteiger partial charge in [0, 0.05) is 24.0 Å². The number of carbonyl (C=O) groups excluding carboxylic acids is 1. The predicted octanol–water partition coefficient (Wildman–Crippen LogP) is 5.77. The van der Waals surface area contributed by atoms with Crippen LogP contribution in [0.25, 0.3) is 33.3 Å². The fraction of sp³-hybridized carbons (Fsp3) is 0.0417. The summed E-state index contributed by atoms with van der Waals surface area (Å²) in [6, 6.07) is 15.9. The maximum Gasteiger partial charge on any atom is 0.259 e. The van der Waals surface area contributed by atoms with E-state index >= 15 is 0 Å². The van der Waals surface area contributed by atoms with Crippen molar-refractivity contribution >= 4 is 49.4 Å². The first-order valence-electron chi connectivity index (χ1n) is 9.65. The number of nitrogens with one attached hydrogen (secondary N) is 1. The number of phenols is 1. The zero-order chi connectivity index (χ0) is 22.2. The summed E-state index contributed by atoms with van der Waals surface area (Å²) in [4.78, 5) is 21.4. The minimum atomic E-state index is -0.367. The Hall–Kier alpha value is -3.91. The van der Waals surface area contributed by atoms with Crippen LogP contribution in [-0.2, 0) is 0 Å². The van der Waals surface area contributed by atoms with Crippen molar-refractivity contribution in [2.24, 2.45) is 0 Å². The highest BCUT2D eigenvalue weighted by atomic mass is 79.9. The highest BCUT2D eigenvalue weighted by molar-refractivity contribution is 9.10. The molecule has 0 bridgehead atoms. The van der Waals surface area contributed by atoms with Crippen LogP contribution in [0.15, 0.2) is 75.9 Å². The number of halogens is 1. The number of hydrogen-bond acceptors (Lipinski definition) is 6. The molecule has 0 saturated carbocycles. The molecule has 5 rings (SSSR count). The Morgan fingerprint density at radius 2 is 2.00 bits per heavy atom. The van der Waals surface area contributed by atoms with Crippen LogP contribution < -0.4 is 10.1 Å². The van der Waals surface area contributed by atoms with E-state index < -0.39 is 0 Å². The maximum atomic E-state index is 13.0. The summed E-state index contributed by atoms with van der Waals surface area (Å²) >= 11 is 3.54. The topological polar surface area (TPSA) is 97.5 Å². The number of ether oxygens (including phenoxy) is 1. The van der Waals surface area contributed by atoms with Crippen molar-refractivity contribution in [1.82, 2.24) is 9.97 Å². The number of carbonyl (C=O) groups is 1. The summed E-state index contributed by atoms with van der Waals surface area (Å²) in [5.74, 6) is 0.257. The van der Waals surface area contributed by atoms with Crippen molar-refractivity contribution in [2.45, 2.75) is 0 Å². The van der Waals surface area contributed by atoms with Gasteiger partial charge in [-0.1, -0.05) is 24.3 Å². The number of methoxy groups -OCH3 is 1. The molecule has 0 saturated heterocycles. The molecule has 0 aliphatic rings. The number of aromatic nitrogens is 2. The first-order chi connectivity index (χ1) is 15.5. The molecule has 0 aliphatic carbocycles. The molecule has 2 aromatic heterocycles. The van der Waals surface area contributed by atoms with Gasteiger partial charge in [-0.15, -0.1) is 0 Å². The number of fused-ring (bicyclic) bond motifs is 2. The Labute approximate surface area is 190 Å². The molecule has 0 unspecified atom stereocenters. The van der Waals surface area contributed by atoms with E-state index in [-0.39, 0.29) is 17.5 Å². The van der Waals surface area contributed by atoms with E-state index in [1.165, 1.54) is 13.2 Å². The van der Waals surface area contributed by atoms with Crippen LogP contribution in [0.4, 0.5) is 5.69 Å². The van der Waals surface area contributed by atoms with E-state index in [9.17, 15) is 9.90 Å². The van der Waals surface area contributed by atoms with Crippen molar-refractivity contribution in [1.29, 1.82) is 0 Å². The predicted molar refractivity (Wildman–Crippen MR) is 125 cm³/mol. The summed E-state index contributed by atoms with van der Waals surface area (Å²) in [5.41, 5.74) is 2.35. The van der Waals surface area contributed by atoms with E-state index in [0.29, 0.717) is 38.1 Å². The molecule has 0 spiro atoms. The second kappa shape index (κ2) is 7.97. The number of benzene rings is 3. The zero-order valence-electron chi connectivity index (χ0n) is 16.8. The summed E-state index contributed by atoms with van der Waals surface area (Å²) in [6.07, 6.45) is 3.19. The number of oxazole rings is 1. The van der Waals surface area contributed by atoms with Crippen LogP contribution >= 0.6 is 15.9 Å². The van der Waals surface area contributed by atoms with Gasteiger partial charge in [0.05, 0.1) is 28.9 Å². The molecule has 0 aliphatic heterocycles. The van der Waals surface area contributed by atoms with Crippen molar-refractivity contribution < 1.29 is 19.1 Å². The molecule has 3 aromatic carbocycles. The maximum absolute atomic E-state index is 13.0. The SMILES string of the molecule is COc1c(C(=O)Nc2ccc(-c3nc4cnccc4o3)c(O)c2)cc2ccccc2c1Br. The van der Waals surface area contributed by atoms with Crippen molar-refractivity contribution in [2.75, 3.05) is 12.4 Å². The van der Waals surface area contributed by atoms with Gasteiger partial charge in [-0.2, -0.15) is 0 Å². The van der Waals surface area contributed by atoms with Gasteiger partial charge in [-0.05, 0) is 44.9 Å². The molecule has 7 nitrogen and oxygen atoms in total. The van der Waals surface area contributed by atoms with Gasteiger partial charge in [-0.25, -0.2) is 4.98 Å². The van der Waals surface area contributed by atoms with Crippen molar-refractivity contribution in [3.05, 3.63) is 77.0 Å². The van der Waals surface area contributed by atoms with Crippen molar-refractivity contribution in [3.8, 4) is 23.0 Å². The Balaban J connectivity index is 1.47. The van der Waals surface area contributed by atoms with Crippen LogP contribution in [0, 0.1) is 0 Å². The van der Waals surface area contributed by atoms with Gasteiger partial charge in [0.15, 0.2) is 5.58 Å². The third-order valence-electron chi connectivity index (χ3n) is 5.07. The summed E-state index contributed by atoms with van der Waals surface area (Å²) in [5, 5.41) is 15.2. The molecule has 0 atom stereocenters. The third-order valence-corrected chi connectivity index (χ3v) is 5.85. The monoisotopic (exact) mass is 489 g/mol. The molecule has 0 radical (unpaired) electrons. The van der Waals surface area contributed by atoms with Crippen molar-refractivity contribution in [3.63, 3.8) is 0 Å². The third kappa shape index (κ3) is 3.44. The minimum absolute atomic E-state index is 0.0750. The first kappa shape index (κ1) is 20.0. The molecule has 2 N–H and O–H groups in total. The normalized spacial score (nSPS) is 11.1. The van der Waals surface area contributed by atoms with Gasteiger partial charge < -0.3 is 19.6 Å². The second-order valence-electron chi connectivity index (χ2n) is 7.04. The number of anilines is 1. The Morgan fingerprint density at radius 3 is 2.78 bits per heavy atom. The average Bonchev–Trinajstić information content (AvgIpc) is 3.23. The Morgan fingerprint density at radius 1 is 1.16 bits per heavy atom. The number of hydrogen-bond donors (Lipinski definition) is 2. The highest BCUT2D eigenvalue weighted by Gasteiger charge is 2.19. The van der Waals surface area contributed by atoms with Gasteiger partial charge in [0.1, 0.15) is 17.0 Å². The van der Waals surface area contributed by atoms with Gasteiger partial charge >= 0.3 is 0 Å². The molecular weight excluding hydrogens is 474 g/mol. The second-order valence-corrected chi connectivity index (χ2v) is 7.83. The van der Waals surface area contributed by atoms with Crippen LogP contribution in [0.1, 0.15) is 10.4 Å². The Kier molecular flexibility index (Phi) is 4.99. The average molecular weight is 490 g/mol. The number of aromatic hydroxyl groups is 1. The smallest absolute Gasteiger partial charge is 0.259 e. The largest absolute Gasteiger partial charge is 0.507 e. The van der Waals surface area contributed by atoms with Crippen LogP contribution in [-0.4, -0.2) is 28.1 Å². The summed E-state index contributed by atoms with van der Waals surface area (Å²) < 4.78 is 11.9.